The van der Waals surface area contributed by atoms with E-state index in [0.29, 0.717) is 0 Å². The Morgan fingerprint density at radius 3 is 2.75 bits per heavy atom. The van der Waals surface area contributed by atoms with Crippen molar-refractivity contribution in [2.45, 2.75) is 18.2 Å². The molecule has 2 amide bonds. The van der Waals surface area contributed by atoms with Gasteiger partial charge in [-0.2, -0.15) is 0 Å². The maximum atomic E-state index is 13.5. The molecule has 0 spiro atoms. The SMILES string of the molecule is CCC1=CNN(C(=O)NS(=O)(=O)c2ccccc2F)C1. The smallest absolute Gasteiger partial charge is 0.302 e. The zero-order chi connectivity index (χ0) is 14.8. The van der Waals surface area contributed by atoms with Crippen molar-refractivity contribution in [3.8, 4) is 0 Å². The Labute approximate surface area is 116 Å². The van der Waals surface area contributed by atoms with Gasteiger partial charge < -0.3 is 5.43 Å². The maximum Gasteiger partial charge on any atom is 0.350 e. The van der Waals surface area contributed by atoms with Gasteiger partial charge in [0.05, 0.1) is 6.54 Å². The number of sulfonamides is 1. The van der Waals surface area contributed by atoms with Crippen LogP contribution in [0.1, 0.15) is 13.3 Å². The molecule has 1 aromatic carbocycles. The molecule has 8 heteroatoms. The molecule has 20 heavy (non-hydrogen) atoms. The van der Waals surface area contributed by atoms with E-state index in [1.54, 1.807) is 6.20 Å². The first-order valence-corrected chi connectivity index (χ1v) is 7.45. The largest absolute Gasteiger partial charge is 0.350 e. The van der Waals surface area contributed by atoms with Gasteiger partial charge in [0.2, 0.25) is 0 Å². The Morgan fingerprint density at radius 1 is 1.45 bits per heavy atom. The molecule has 0 fully saturated rings. The van der Waals surface area contributed by atoms with E-state index in [0.717, 1.165) is 29.1 Å². The summed E-state index contributed by atoms with van der Waals surface area (Å²) in [6, 6.07) is 4.01. The molecule has 6 nitrogen and oxygen atoms in total. The lowest BCUT2D eigenvalue weighted by Gasteiger charge is -2.17. The van der Waals surface area contributed by atoms with Gasteiger partial charge in [0.1, 0.15) is 10.7 Å². The van der Waals surface area contributed by atoms with E-state index in [1.165, 1.54) is 12.1 Å². The molecule has 2 rings (SSSR count). The number of urea groups is 1. The van der Waals surface area contributed by atoms with E-state index in [4.69, 9.17) is 0 Å². The summed E-state index contributed by atoms with van der Waals surface area (Å²) in [5, 5.41) is 1.11. The number of hydrazine groups is 1. The molecule has 0 radical (unpaired) electrons. The van der Waals surface area contributed by atoms with Gasteiger partial charge in [-0.25, -0.2) is 27.3 Å². The van der Waals surface area contributed by atoms with E-state index in [-0.39, 0.29) is 6.54 Å². The second kappa shape index (κ2) is 5.49. The third kappa shape index (κ3) is 2.90. The lowest BCUT2D eigenvalue weighted by Crippen LogP contribution is -2.46. The summed E-state index contributed by atoms with van der Waals surface area (Å²) in [6.07, 6.45) is 2.38. The van der Waals surface area contributed by atoms with Crippen molar-refractivity contribution < 1.29 is 17.6 Å². The second-order valence-electron chi connectivity index (χ2n) is 4.21. The van der Waals surface area contributed by atoms with Gasteiger partial charge >= 0.3 is 6.03 Å². The van der Waals surface area contributed by atoms with Crippen LogP contribution in [-0.2, 0) is 10.0 Å². The fourth-order valence-electron chi connectivity index (χ4n) is 1.70. The third-order valence-electron chi connectivity index (χ3n) is 2.83. The molecule has 2 N–H and O–H groups in total. The minimum absolute atomic E-state index is 0.287. The highest BCUT2D eigenvalue weighted by atomic mass is 32.2. The summed E-state index contributed by atoms with van der Waals surface area (Å²) in [5.41, 5.74) is 3.61. The summed E-state index contributed by atoms with van der Waals surface area (Å²) < 4.78 is 39.1. The molecule has 108 valence electrons. The van der Waals surface area contributed by atoms with Gasteiger partial charge in [0.25, 0.3) is 10.0 Å². The van der Waals surface area contributed by atoms with Crippen molar-refractivity contribution in [1.29, 1.82) is 0 Å². The first-order valence-electron chi connectivity index (χ1n) is 5.97. The third-order valence-corrected chi connectivity index (χ3v) is 4.19. The predicted molar refractivity (Wildman–Crippen MR) is 70.3 cm³/mol. The van der Waals surface area contributed by atoms with E-state index in [2.05, 4.69) is 5.43 Å². The van der Waals surface area contributed by atoms with Crippen LogP contribution in [0.25, 0.3) is 0 Å². The highest BCUT2D eigenvalue weighted by Gasteiger charge is 2.26. The van der Waals surface area contributed by atoms with Gasteiger partial charge in [0.15, 0.2) is 0 Å². The van der Waals surface area contributed by atoms with Crippen LogP contribution < -0.4 is 10.1 Å². The summed E-state index contributed by atoms with van der Waals surface area (Å²) in [7, 11) is -4.23. The highest BCUT2D eigenvalue weighted by Crippen LogP contribution is 2.14. The van der Waals surface area contributed by atoms with Crippen LogP contribution in [0.15, 0.2) is 40.9 Å². The van der Waals surface area contributed by atoms with Gasteiger partial charge in [0, 0.05) is 6.20 Å². The van der Waals surface area contributed by atoms with E-state index in [1.807, 2.05) is 11.6 Å². The molecule has 0 aliphatic carbocycles. The Morgan fingerprint density at radius 2 is 2.15 bits per heavy atom. The first kappa shape index (κ1) is 14.3. The van der Waals surface area contributed by atoms with Crippen LogP contribution in [0.2, 0.25) is 0 Å². The first-order chi connectivity index (χ1) is 9.44. The number of nitrogens with one attached hydrogen (secondary N) is 2. The number of hydrogen-bond donors (Lipinski definition) is 2. The highest BCUT2D eigenvalue weighted by molar-refractivity contribution is 7.90. The maximum absolute atomic E-state index is 13.5. The summed E-state index contributed by atoms with van der Waals surface area (Å²) in [4.78, 5) is 11.3. The minimum Gasteiger partial charge on any atom is -0.302 e. The van der Waals surface area contributed by atoms with Crippen LogP contribution >= 0.6 is 0 Å². The zero-order valence-electron chi connectivity index (χ0n) is 10.8. The zero-order valence-corrected chi connectivity index (χ0v) is 11.6. The van der Waals surface area contributed by atoms with Crippen LogP contribution in [0.4, 0.5) is 9.18 Å². The normalized spacial score (nSPS) is 14.7. The standard InChI is InChI=1S/C12H14FN3O3S/c1-2-9-7-14-16(8-9)12(17)15-20(18,19)11-6-4-3-5-10(11)13/h3-7,14H,2,8H2,1H3,(H,15,17). The number of nitrogens with zero attached hydrogens (tertiary/aromatic N) is 1. The van der Waals surface area contributed by atoms with Crippen molar-refractivity contribution in [3.05, 3.63) is 41.9 Å². The fraction of sp³-hybridized carbons (Fsp3) is 0.250. The number of carbonyl (C=O) groups excluding carboxylic acids is 1. The van der Waals surface area contributed by atoms with Gasteiger partial charge in [-0.1, -0.05) is 19.1 Å². The molecular formula is C12H14FN3O3S. The van der Waals surface area contributed by atoms with Gasteiger partial charge in [-0.05, 0) is 24.1 Å². The van der Waals surface area contributed by atoms with E-state index in [9.17, 15) is 17.6 Å². The molecule has 0 unspecified atom stereocenters. The molecule has 1 aliphatic rings. The van der Waals surface area contributed by atoms with Crippen molar-refractivity contribution in [1.82, 2.24) is 15.2 Å². The molecule has 1 aliphatic heterocycles. The molecule has 0 saturated carbocycles. The van der Waals surface area contributed by atoms with Crippen LogP contribution in [0.5, 0.6) is 0 Å². The summed E-state index contributed by atoms with van der Waals surface area (Å²) in [5.74, 6) is -0.908. The van der Waals surface area contributed by atoms with Gasteiger partial charge in [-0.15, -0.1) is 0 Å². The predicted octanol–water partition coefficient (Wildman–Crippen LogP) is 1.34. The average molecular weight is 299 g/mol. The molecule has 1 heterocycles. The van der Waals surface area contributed by atoms with Crippen LogP contribution in [0, 0.1) is 5.82 Å². The summed E-state index contributed by atoms with van der Waals surface area (Å²) >= 11 is 0. The Balaban J connectivity index is 2.10. The molecule has 0 saturated heterocycles. The van der Waals surface area contributed by atoms with E-state index >= 15 is 0 Å². The Hall–Kier alpha value is -2.09. The lowest BCUT2D eigenvalue weighted by atomic mass is 10.2. The number of benzene rings is 1. The quantitative estimate of drug-likeness (QED) is 0.883. The second-order valence-corrected chi connectivity index (χ2v) is 5.86. The number of rotatable bonds is 3. The van der Waals surface area contributed by atoms with Crippen LogP contribution in [-0.4, -0.2) is 26.0 Å². The molecule has 1 aromatic rings. The fourth-order valence-corrected chi connectivity index (χ4v) is 2.73. The number of amides is 2. The number of halogens is 1. The average Bonchev–Trinajstić information content (AvgIpc) is 2.87. The minimum atomic E-state index is -4.23. The lowest BCUT2D eigenvalue weighted by molar-refractivity contribution is 0.199. The molecular weight excluding hydrogens is 285 g/mol. The van der Waals surface area contributed by atoms with Gasteiger partial charge in [-0.3, -0.25) is 0 Å². The summed E-state index contributed by atoms with van der Waals surface area (Å²) in [6.45, 7) is 2.21. The molecule has 0 atom stereocenters. The van der Waals surface area contributed by atoms with Crippen molar-refractivity contribution in [2.24, 2.45) is 0 Å². The topological polar surface area (TPSA) is 78.5 Å². The van der Waals surface area contributed by atoms with Crippen molar-refractivity contribution in [2.75, 3.05) is 6.54 Å². The Bertz CT molecular complexity index is 658. The number of hydrogen-bond acceptors (Lipinski definition) is 4. The monoisotopic (exact) mass is 299 g/mol. The Kier molecular flexibility index (Phi) is 3.93. The number of carbonyl (C=O) groups is 1. The molecule has 0 bridgehead atoms. The van der Waals surface area contributed by atoms with Crippen molar-refractivity contribution >= 4 is 16.1 Å². The van der Waals surface area contributed by atoms with Crippen molar-refractivity contribution in [3.63, 3.8) is 0 Å². The van der Waals surface area contributed by atoms with Crippen LogP contribution in [0.3, 0.4) is 0 Å². The van der Waals surface area contributed by atoms with E-state index < -0.39 is 26.8 Å². The molecule has 0 aromatic heterocycles.